The molecule has 0 amide bonds. The van der Waals surface area contributed by atoms with Gasteiger partial charge >= 0.3 is 0 Å². The maximum absolute atomic E-state index is 11.8. The van der Waals surface area contributed by atoms with E-state index in [1.807, 2.05) is 0 Å². The van der Waals surface area contributed by atoms with Gasteiger partial charge in [-0.2, -0.15) is 0 Å². The zero-order valence-electron chi connectivity index (χ0n) is 21.8. The summed E-state index contributed by atoms with van der Waals surface area (Å²) >= 11 is 0. The molecule has 6 atom stereocenters. The molecule has 0 saturated heterocycles. The molecule has 3 aromatic rings. The van der Waals surface area contributed by atoms with E-state index in [-0.39, 0.29) is 63.9 Å². The van der Waals surface area contributed by atoms with Crippen LogP contribution in [0.1, 0.15) is 40.7 Å². The van der Waals surface area contributed by atoms with Crippen molar-refractivity contribution in [1.29, 1.82) is 0 Å². The maximum Gasteiger partial charge on any atom is 0.157 e. The van der Waals surface area contributed by atoms with Gasteiger partial charge in [0.1, 0.15) is 46.7 Å². The van der Waals surface area contributed by atoms with E-state index < -0.39 is 65.0 Å². The third-order valence-corrected chi connectivity index (χ3v) is 8.02. The maximum atomic E-state index is 11.8. The standard InChI is InChI=1S/C30H28O12/c31-13-7-20(37)24-23(8-13)41-29(12-2-4-16(33)19(36)6-12)27(40)26(24)25-21(38)10-17(34)14-9-22(39)28(42-30(14)25)11-1-3-15(32)18(35)5-11/h2-8,10-11,22,26-29,31-40H,1,9H2/t11?,22-,26-,27-,28-,29-/m1/s1. The van der Waals surface area contributed by atoms with Gasteiger partial charge in [-0.3, -0.25) is 0 Å². The Kier molecular flexibility index (Phi) is 6.39. The highest BCUT2D eigenvalue weighted by molar-refractivity contribution is 5.65. The van der Waals surface area contributed by atoms with Crippen LogP contribution >= 0.6 is 0 Å². The first kappa shape index (κ1) is 27.2. The summed E-state index contributed by atoms with van der Waals surface area (Å²) in [6.07, 6.45) is -2.26. The van der Waals surface area contributed by atoms with E-state index in [1.54, 1.807) is 0 Å². The number of hydrogen-bond donors (Lipinski definition) is 10. The highest BCUT2D eigenvalue weighted by Gasteiger charge is 2.46. The van der Waals surface area contributed by atoms with Gasteiger partial charge in [-0.15, -0.1) is 0 Å². The Bertz CT molecular complexity index is 1640. The lowest BCUT2D eigenvalue weighted by atomic mass is 9.77. The van der Waals surface area contributed by atoms with Gasteiger partial charge in [0, 0.05) is 47.2 Å². The third kappa shape index (κ3) is 4.32. The number of aliphatic hydroxyl groups is 4. The molecule has 1 aliphatic carbocycles. The third-order valence-electron chi connectivity index (χ3n) is 8.02. The van der Waals surface area contributed by atoms with Gasteiger partial charge in [0.05, 0.1) is 12.0 Å². The van der Waals surface area contributed by atoms with E-state index in [2.05, 4.69) is 0 Å². The van der Waals surface area contributed by atoms with Crippen molar-refractivity contribution in [1.82, 2.24) is 0 Å². The average molecular weight is 581 g/mol. The highest BCUT2D eigenvalue weighted by atomic mass is 16.5. The summed E-state index contributed by atoms with van der Waals surface area (Å²) in [5.41, 5.74) is 0.253. The second-order valence-corrected chi connectivity index (χ2v) is 10.7. The molecule has 42 heavy (non-hydrogen) atoms. The van der Waals surface area contributed by atoms with E-state index in [1.165, 1.54) is 36.4 Å². The molecule has 220 valence electrons. The van der Waals surface area contributed by atoms with Crippen LogP contribution in [0.5, 0.6) is 46.0 Å². The molecule has 6 rings (SSSR count). The smallest absolute Gasteiger partial charge is 0.157 e. The predicted molar refractivity (Wildman–Crippen MR) is 144 cm³/mol. The molecule has 0 fully saturated rings. The second-order valence-electron chi connectivity index (χ2n) is 10.7. The van der Waals surface area contributed by atoms with Gasteiger partial charge in [-0.25, -0.2) is 0 Å². The monoisotopic (exact) mass is 580 g/mol. The van der Waals surface area contributed by atoms with Crippen molar-refractivity contribution in [3.8, 4) is 46.0 Å². The van der Waals surface area contributed by atoms with Gasteiger partial charge in [0.2, 0.25) is 0 Å². The first-order valence-corrected chi connectivity index (χ1v) is 13.1. The fraction of sp³-hybridized carbons (Fsp3) is 0.267. The number of allylic oxidation sites excluding steroid dienone is 1. The molecule has 2 aliphatic heterocycles. The molecule has 0 bridgehead atoms. The lowest BCUT2D eigenvalue weighted by Crippen LogP contribution is -2.44. The number of fused-ring (bicyclic) bond motifs is 2. The summed E-state index contributed by atoms with van der Waals surface area (Å²) in [5.74, 6) is -5.42. The number of benzene rings is 3. The second kappa shape index (κ2) is 9.86. The van der Waals surface area contributed by atoms with Crippen molar-refractivity contribution < 1.29 is 60.5 Å². The summed E-state index contributed by atoms with van der Waals surface area (Å²) in [4.78, 5) is 0. The highest BCUT2D eigenvalue weighted by Crippen LogP contribution is 2.56. The number of phenolic OH excluding ortho intramolecular Hbond substituents is 6. The van der Waals surface area contributed by atoms with Crippen LogP contribution in [0.2, 0.25) is 0 Å². The minimum Gasteiger partial charge on any atom is -0.508 e. The molecular weight excluding hydrogens is 552 g/mol. The number of aliphatic hydroxyl groups excluding tert-OH is 4. The van der Waals surface area contributed by atoms with Crippen LogP contribution in [0.4, 0.5) is 0 Å². The van der Waals surface area contributed by atoms with E-state index in [4.69, 9.17) is 9.47 Å². The van der Waals surface area contributed by atoms with Crippen molar-refractivity contribution in [2.75, 3.05) is 0 Å². The van der Waals surface area contributed by atoms with Crippen LogP contribution < -0.4 is 9.47 Å². The van der Waals surface area contributed by atoms with Crippen molar-refractivity contribution in [3.63, 3.8) is 0 Å². The fourth-order valence-electron chi connectivity index (χ4n) is 6.03. The van der Waals surface area contributed by atoms with Gasteiger partial charge < -0.3 is 60.5 Å². The van der Waals surface area contributed by atoms with Crippen LogP contribution in [0.15, 0.2) is 60.1 Å². The number of ether oxygens (including phenoxy) is 2. The molecule has 1 unspecified atom stereocenters. The molecule has 3 aromatic carbocycles. The first-order valence-electron chi connectivity index (χ1n) is 13.1. The zero-order chi connectivity index (χ0) is 30.0. The largest absolute Gasteiger partial charge is 0.508 e. The van der Waals surface area contributed by atoms with Crippen molar-refractivity contribution in [2.24, 2.45) is 5.92 Å². The van der Waals surface area contributed by atoms with E-state index in [0.717, 1.165) is 12.1 Å². The van der Waals surface area contributed by atoms with Crippen LogP contribution in [0.3, 0.4) is 0 Å². The fourth-order valence-corrected chi connectivity index (χ4v) is 6.03. The number of phenols is 6. The summed E-state index contributed by atoms with van der Waals surface area (Å²) in [7, 11) is 0. The lowest BCUT2D eigenvalue weighted by molar-refractivity contribution is -0.00952. The Balaban J connectivity index is 1.52. The van der Waals surface area contributed by atoms with E-state index >= 15 is 0 Å². The molecule has 3 aliphatic rings. The van der Waals surface area contributed by atoms with Crippen LogP contribution in [-0.2, 0) is 6.42 Å². The normalized spacial score (nSPS) is 26.6. The van der Waals surface area contributed by atoms with Gasteiger partial charge in [-0.05, 0) is 36.3 Å². The van der Waals surface area contributed by atoms with E-state index in [9.17, 15) is 51.1 Å². The first-order chi connectivity index (χ1) is 19.9. The van der Waals surface area contributed by atoms with E-state index in [0.29, 0.717) is 0 Å². The average Bonchev–Trinajstić information content (AvgIpc) is 2.93. The zero-order valence-corrected chi connectivity index (χ0v) is 21.8. The van der Waals surface area contributed by atoms with Crippen LogP contribution in [0.25, 0.3) is 0 Å². The SMILES string of the molecule is OC1=CCC([C@H]2Oc3c(c(O)cc(O)c3[C@H]3c4c(O)cc(O)cc4O[C@H](c4ccc(O)c(O)c4)[C@@H]3O)C[C@H]2O)C=C1O. The molecule has 12 heteroatoms. The number of rotatable bonds is 3. The van der Waals surface area contributed by atoms with Crippen LogP contribution in [0, 0.1) is 5.92 Å². The molecule has 2 heterocycles. The number of aromatic hydroxyl groups is 6. The summed E-state index contributed by atoms with van der Waals surface area (Å²) < 4.78 is 12.2. The molecule has 0 aromatic heterocycles. The van der Waals surface area contributed by atoms with Crippen molar-refractivity contribution in [2.45, 2.75) is 43.2 Å². The quantitative estimate of drug-likeness (QED) is 0.202. The van der Waals surface area contributed by atoms with Crippen molar-refractivity contribution in [3.05, 3.63) is 82.3 Å². The topological polar surface area (TPSA) is 221 Å². The molecule has 0 spiro atoms. The van der Waals surface area contributed by atoms with Crippen LogP contribution in [-0.4, -0.2) is 69.4 Å². The van der Waals surface area contributed by atoms with Crippen molar-refractivity contribution >= 4 is 0 Å². The van der Waals surface area contributed by atoms with Gasteiger partial charge in [0.25, 0.3) is 0 Å². The molecular formula is C30H28O12. The summed E-state index contributed by atoms with van der Waals surface area (Å²) in [5, 5.41) is 106. The predicted octanol–water partition coefficient (Wildman–Crippen LogP) is 3.11. The Morgan fingerprint density at radius 2 is 1.43 bits per heavy atom. The van der Waals surface area contributed by atoms with Gasteiger partial charge in [0.15, 0.2) is 29.1 Å². The molecule has 0 radical (unpaired) electrons. The molecule has 10 N–H and O–H groups in total. The molecule has 0 saturated carbocycles. The number of hydrogen-bond acceptors (Lipinski definition) is 12. The minimum absolute atomic E-state index is 0.0166. The Labute approximate surface area is 238 Å². The molecule has 12 nitrogen and oxygen atoms in total. The minimum atomic E-state index is -1.58. The Morgan fingerprint density at radius 1 is 0.690 bits per heavy atom. The Morgan fingerprint density at radius 3 is 2.14 bits per heavy atom. The van der Waals surface area contributed by atoms with Gasteiger partial charge in [-0.1, -0.05) is 6.07 Å². The summed E-state index contributed by atoms with van der Waals surface area (Å²) in [6, 6.07) is 7.02. The lowest BCUT2D eigenvalue weighted by Gasteiger charge is -2.41. The summed E-state index contributed by atoms with van der Waals surface area (Å²) in [6.45, 7) is 0. The Hall–Kier alpha value is -4.94.